The van der Waals surface area contributed by atoms with Gasteiger partial charge in [-0.1, -0.05) is 18.2 Å². The van der Waals surface area contributed by atoms with E-state index in [4.69, 9.17) is 13.9 Å². The van der Waals surface area contributed by atoms with Gasteiger partial charge in [-0.05, 0) is 35.9 Å². The molecule has 2 N–H and O–H groups in total. The largest absolute Gasteiger partial charge is 0.459 e. The predicted octanol–water partition coefficient (Wildman–Crippen LogP) is 2.84. The Morgan fingerprint density at radius 1 is 1.03 bits per heavy atom. The fourth-order valence-electron chi connectivity index (χ4n) is 2.86. The maximum Gasteiger partial charge on any atom is 0.291 e. The maximum absolute atomic E-state index is 12.7. The van der Waals surface area contributed by atoms with Crippen LogP contribution in [0.3, 0.4) is 0 Å². The van der Waals surface area contributed by atoms with Crippen molar-refractivity contribution in [3.63, 3.8) is 0 Å². The van der Waals surface area contributed by atoms with Crippen molar-refractivity contribution in [2.24, 2.45) is 5.10 Å². The first kappa shape index (κ1) is 21.3. The van der Waals surface area contributed by atoms with Crippen LogP contribution in [-0.4, -0.2) is 29.7 Å². The SMILES string of the molecule is O=C(N/N=C\c1cccc([N+](=O)[O-])c1)/C(=C/c1ccc2c(c1)OCO2)NC(=O)c1ccco1. The molecule has 33 heavy (non-hydrogen) atoms. The summed E-state index contributed by atoms with van der Waals surface area (Å²) in [6.07, 6.45) is 4.01. The standard InChI is InChI=1S/C22H16N4O7/c27-21(25-23-12-15-3-1-4-16(9-15)26(29)30)17(24-22(28)19-5-2-8-31-19)10-14-6-7-18-20(11-14)33-13-32-18/h1-12H,13H2,(H,24,28)(H,25,27)/b17-10-,23-12-. The summed E-state index contributed by atoms with van der Waals surface area (Å²) in [7, 11) is 0. The Bertz CT molecular complexity index is 1270. The number of nitro groups is 1. The molecule has 11 nitrogen and oxygen atoms in total. The van der Waals surface area contributed by atoms with Crippen molar-refractivity contribution in [1.82, 2.24) is 10.7 Å². The topological polar surface area (TPSA) is 145 Å². The third-order valence-corrected chi connectivity index (χ3v) is 4.41. The molecule has 2 heterocycles. The molecule has 1 aromatic heterocycles. The normalized spacial score (nSPS) is 12.5. The van der Waals surface area contributed by atoms with E-state index < -0.39 is 16.7 Å². The molecule has 0 saturated heterocycles. The number of fused-ring (bicyclic) bond motifs is 1. The molecular weight excluding hydrogens is 432 g/mol. The fraction of sp³-hybridized carbons (Fsp3) is 0.0455. The van der Waals surface area contributed by atoms with E-state index in [0.29, 0.717) is 22.6 Å². The van der Waals surface area contributed by atoms with Gasteiger partial charge in [0.2, 0.25) is 6.79 Å². The van der Waals surface area contributed by atoms with Crippen LogP contribution in [0, 0.1) is 10.1 Å². The lowest BCUT2D eigenvalue weighted by Crippen LogP contribution is -2.32. The van der Waals surface area contributed by atoms with Gasteiger partial charge < -0.3 is 19.2 Å². The van der Waals surface area contributed by atoms with E-state index in [2.05, 4.69) is 15.8 Å². The second kappa shape index (κ2) is 9.47. The van der Waals surface area contributed by atoms with E-state index in [9.17, 15) is 19.7 Å². The van der Waals surface area contributed by atoms with Gasteiger partial charge in [-0.25, -0.2) is 5.43 Å². The first-order valence-corrected chi connectivity index (χ1v) is 9.54. The number of benzene rings is 2. The highest BCUT2D eigenvalue weighted by Crippen LogP contribution is 2.33. The number of hydrazone groups is 1. The first-order chi connectivity index (χ1) is 16.0. The number of furan rings is 1. The zero-order valence-electron chi connectivity index (χ0n) is 16.9. The lowest BCUT2D eigenvalue weighted by atomic mass is 10.1. The molecule has 0 aliphatic carbocycles. The fourth-order valence-corrected chi connectivity index (χ4v) is 2.86. The number of nitrogens with zero attached hydrogens (tertiary/aromatic N) is 2. The highest BCUT2D eigenvalue weighted by molar-refractivity contribution is 6.04. The summed E-state index contributed by atoms with van der Waals surface area (Å²) in [5.41, 5.74) is 3.03. The number of amides is 2. The molecule has 0 fully saturated rings. The number of hydrogen-bond donors (Lipinski definition) is 2. The molecule has 1 aliphatic heterocycles. The summed E-state index contributed by atoms with van der Waals surface area (Å²) >= 11 is 0. The van der Waals surface area contributed by atoms with Crippen molar-refractivity contribution in [3.05, 3.63) is 93.6 Å². The molecule has 0 atom stereocenters. The summed E-state index contributed by atoms with van der Waals surface area (Å²) in [6.45, 7) is 0.0947. The lowest BCUT2D eigenvalue weighted by molar-refractivity contribution is -0.384. The zero-order valence-corrected chi connectivity index (χ0v) is 16.9. The van der Waals surface area contributed by atoms with Gasteiger partial charge in [0.15, 0.2) is 17.3 Å². The zero-order chi connectivity index (χ0) is 23.2. The van der Waals surface area contributed by atoms with Crippen molar-refractivity contribution < 1.29 is 28.4 Å². The Hall–Kier alpha value is -4.93. The van der Waals surface area contributed by atoms with E-state index in [0.717, 1.165) is 0 Å². The summed E-state index contributed by atoms with van der Waals surface area (Å²) in [6, 6.07) is 13.7. The number of nitro benzene ring substituents is 1. The number of nitrogens with one attached hydrogen (secondary N) is 2. The Balaban J connectivity index is 1.54. The molecule has 0 bridgehead atoms. The second-order valence-electron chi connectivity index (χ2n) is 6.65. The molecule has 3 aromatic rings. The molecule has 2 amide bonds. The second-order valence-corrected chi connectivity index (χ2v) is 6.65. The Morgan fingerprint density at radius 2 is 1.88 bits per heavy atom. The maximum atomic E-state index is 12.7. The number of rotatable bonds is 7. The van der Waals surface area contributed by atoms with Crippen LogP contribution >= 0.6 is 0 Å². The third-order valence-electron chi connectivity index (χ3n) is 4.41. The van der Waals surface area contributed by atoms with Gasteiger partial charge in [0, 0.05) is 17.7 Å². The molecule has 0 unspecified atom stereocenters. The number of carbonyl (C=O) groups excluding carboxylic acids is 2. The van der Waals surface area contributed by atoms with Crippen LogP contribution in [0.5, 0.6) is 11.5 Å². The third kappa shape index (κ3) is 5.22. The molecule has 0 saturated carbocycles. The van der Waals surface area contributed by atoms with E-state index in [1.807, 2.05) is 0 Å². The molecule has 0 radical (unpaired) electrons. The van der Waals surface area contributed by atoms with Crippen LogP contribution in [0.1, 0.15) is 21.7 Å². The number of ether oxygens (including phenoxy) is 2. The van der Waals surface area contributed by atoms with Gasteiger partial charge in [-0.2, -0.15) is 5.10 Å². The minimum Gasteiger partial charge on any atom is -0.459 e. The van der Waals surface area contributed by atoms with Gasteiger partial charge in [-0.15, -0.1) is 0 Å². The molecule has 2 aromatic carbocycles. The highest BCUT2D eigenvalue weighted by atomic mass is 16.7. The number of hydrogen-bond acceptors (Lipinski definition) is 8. The molecule has 0 spiro atoms. The molecular formula is C22H16N4O7. The smallest absolute Gasteiger partial charge is 0.291 e. The summed E-state index contributed by atoms with van der Waals surface area (Å²) in [5, 5.41) is 17.2. The lowest BCUT2D eigenvalue weighted by Gasteiger charge is -2.08. The molecule has 166 valence electrons. The van der Waals surface area contributed by atoms with Crippen molar-refractivity contribution in [2.45, 2.75) is 0 Å². The van der Waals surface area contributed by atoms with Gasteiger partial charge in [0.1, 0.15) is 5.70 Å². The highest BCUT2D eigenvalue weighted by Gasteiger charge is 2.18. The molecule has 1 aliphatic rings. The molecule has 11 heteroatoms. The minimum absolute atomic E-state index is 0.0134. The average Bonchev–Trinajstić information content (AvgIpc) is 3.50. The van der Waals surface area contributed by atoms with Crippen molar-refractivity contribution in [1.29, 1.82) is 0 Å². The number of carbonyl (C=O) groups is 2. The predicted molar refractivity (Wildman–Crippen MR) is 116 cm³/mol. The summed E-state index contributed by atoms with van der Waals surface area (Å²) in [5.74, 6) is -0.276. The van der Waals surface area contributed by atoms with Crippen molar-refractivity contribution >= 4 is 29.8 Å². The van der Waals surface area contributed by atoms with Gasteiger partial charge >= 0.3 is 0 Å². The van der Waals surface area contributed by atoms with Crippen LogP contribution in [-0.2, 0) is 4.79 Å². The van der Waals surface area contributed by atoms with E-state index in [1.54, 1.807) is 30.3 Å². The van der Waals surface area contributed by atoms with E-state index in [1.165, 1.54) is 42.8 Å². The monoisotopic (exact) mass is 448 g/mol. The van der Waals surface area contributed by atoms with Crippen molar-refractivity contribution in [3.8, 4) is 11.5 Å². The van der Waals surface area contributed by atoms with Gasteiger partial charge in [0.05, 0.1) is 17.4 Å². The summed E-state index contributed by atoms with van der Waals surface area (Å²) < 4.78 is 15.7. The minimum atomic E-state index is -0.728. The van der Waals surface area contributed by atoms with E-state index >= 15 is 0 Å². The summed E-state index contributed by atoms with van der Waals surface area (Å²) in [4.78, 5) is 35.5. The Morgan fingerprint density at radius 3 is 2.67 bits per heavy atom. The van der Waals surface area contributed by atoms with E-state index in [-0.39, 0.29) is 23.9 Å². The Labute approximate surface area is 186 Å². The quantitative estimate of drug-likeness (QED) is 0.245. The van der Waals surface area contributed by atoms with Crippen LogP contribution in [0.25, 0.3) is 6.08 Å². The van der Waals surface area contributed by atoms with Gasteiger partial charge in [-0.3, -0.25) is 19.7 Å². The van der Waals surface area contributed by atoms with Crippen LogP contribution < -0.4 is 20.2 Å². The first-order valence-electron chi connectivity index (χ1n) is 9.54. The van der Waals surface area contributed by atoms with Crippen LogP contribution in [0.2, 0.25) is 0 Å². The number of non-ortho nitro benzene ring substituents is 1. The molecule has 4 rings (SSSR count). The van der Waals surface area contributed by atoms with Gasteiger partial charge in [0.25, 0.3) is 17.5 Å². The Kier molecular flexibility index (Phi) is 6.12. The van der Waals surface area contributed by atoms with Crippen LogP contribution in [0.4, 0.5) is 5.69 Å². The van der Waals surface area contributed by atoms with Crippen LogP contribution in [0.15, 0.2) is 76.1 Å². The van der Waals surface area contributed by atoms with Crippen molar-refractivity contribution in [2.75, 3.05) is 6.79 Å². The average molecular weight is 448 g/mol.